The predicted octanol–water partition coefficient (Wildman–Crippen LogP) is 2.09. The SMILES string of the molecule is CCS(=O)(=O)CCNc1nccc2ccc(OC)cc12. The molecule has 2 aromatic rings. The van der Waals surface area contributed by atoms with Crippen molar-refractivity contribution >= 4 is 26.4 Å². The first-order valence-electron chi connectivity index (χ1n) is 6.43. The van der Waals surface area contributed by atoms with E-state index in [9.17, 15) is 8.42 Å². The number of nitrogens with one attached hydrogen (secondary N) is 1. The smallest absolute Gasteiger partial charge is 0.151 e. The average molecular weight is 294 g/mol. The second-order valence-electron chi connectivity index (χ2n) is 4.41. The van der Waals surface area contributed by atoms with Crippen LogP contribution in [0.2, 0.25) is 0 Å². The minimum atomic E-state index is -2.97. The highest BCUT2D eigenvalue weighted by Gasteiger charge is 2.08. The van der Waals surface area contributed by atoms with Gasteiger partial charge in [0.15, 0.2) is 9.84 Å². The Bertz CT molecular complexity index is 699. The number of fused-ring (bicyclic) bond motifs is 1. The van der Waals surface area contributed by atoms with E-state index in [-0.39, 0.29) is 11.5 Å². The Balaban J connectivity index is 2.21. The lowest BCUT2D eigenvalue weighted by molar-refractivity contribution is 0.415. The molecule has 0 bridgehead atoms. The molecule has 1 aromatic carbocycles. The van der Waals surface area contributed by atoms with E-state index in [1.807, 2.05) is 24.3 Å². The van der Waals surface area contributed by atoms with Crippen molar-refractivity contribution in [2.24, 2.45) is 0 Å². The molecular formula is C14H18N2O3S. The van der Waals surface area contributed by atoms with Crippen molar-refractivity contribution in [2.45, 2.75) is 6.92 Å². The summed E-state index contributed by atoms with van der Waals surface area (Å²) in [6.07, 6.45) is 1.70. The summed E-state index contributed by atoms with van der Waals surface area (Å²) in [6.45, 7) is 2.00. The van der Waals surface area contributed by atoms with Crippen molar-refractivity contribution in [1.29, 1.82) is 0 Å². The van der Waals surface area contributed by atoms with Crippen LogP contribution in [0.3, 0.4) is 0 Å². The van der Waals surface area contributed by atoms with Crippen molar-refractivity contribution < 1.29 is 13.2 Å². The minimum absolute atomic E-state index is 0.103. The fraction of sp³-hybridized carbons (Fsp3) is 0.357. The van der Waals surface area contributed by atoms with Crippen molar-refractivity contribution in [3.05, 3.63) is 30.5 Å². The maximum Gasteiger partial charge on any atom is 0.151 e. The molecule has 0 fully saturated rings. The zero-order chi connectivity index (χ0) is 14.6. The molecule has 5 nitrogen and oxygen atoms in total. The standard InChI is InChI=1S/C14H18N2O3S/c1-3-20(17,18)9-8-16-14-13-10-12(19-2)5-4-11(13)6-7-15-14/h4-7,10H,3,8-9H2,1-2H3,(H,15,16). The zero-order valence-corrected chi connectivity index (χ0v) is 12.4. The molecule has 108 valence electrons. The molecule has 0 amide bonds. The highest BCUT2D eigenvalue weighted by molar-refractivity contribution is 7.91. The summed E-state index contributed by atoms with van der Waals surface area (Å²) in [4.78, 5) is 4.27. The van der Waals surface area contributed by atoms with Crippen LogP contribution in [0.15, 0.2) is 30.5 Å². The molecule has 1 aromatic heterocycles. The lowest BCUT2D eigenvalue weighted by atomic mass is 10.1. The molecule has 6 heteroatoms. The first-order valence-corrected chi connectivity index (χ1v) is 8.25. The van der Waals surface area contributed by atoms with Crippen LogP contribution in [-0.2, 0) is 9.84 Å². The van der Waals surface area contributed by atoms with Crippen LogP contribution in [0, 0.1) is 0 Å². The Morgan fingerprint density at radius 1 is 1.30 bits per heavy atom. The fourth-order valence-corrected chi connectivity index (χ4v) is 2.59. The first kappa shape index (κ1) is 14.6. The largest absolute Gasteiger partial charge is 0.497 e. The van der Waals surface area contributed by atoms with E-state index in [4.69, 9.17) is 4.74 Å². The third-order valence-electron chi connectivity index (χ3n) is 3.12. The second kappa shape index (κ2) is 6.09. The zero-order valence-electron chi connectivity index (χ0n) is 11.6. The lowest BCUT2D eigenvalue weighted by Gasteiger charge is -2.09. The monoisotopic (exact) mass is 294 g/mol. The van der Waals surface area contributed by atoms with Crippen molar-refractivity contribution in [3.63, 3.8) is 0 Å². The van der Waals surface area contributed by atoms with Crippen LogP contribution < -0.4 is 10.1 Å². The van der Waals surface area contributed by atoms with Gasteiger partial charge in [0.25, 0.3) is 0 Å². The molecular weight excluding hydrogens is 276 g/mol. The molecule has 0 aliphatic carbocycles. The van der Waals surface area contributed by atoms with E-state index < -0.39 is 9.84 Å². The number of benzene rings is 1. The number of aromatic nitrogens is 1. The predicted molar refractivity (Wildman–Crippen MR) is 81.1 cm³/mol. The highest BCUT2D eigenvalue weighted by atomic mass is 32.2. The normalized spacial score (nSPS) is 11.5. The number of anilines is 1. The van der Waals surface area contributed by atoms with Gasteiger partial charge in [0.2, 0.25) is 0 Å². The van der Waals surface area contributed by atoms with Crippen LogP contribution in [0.25, 0.3) is 10.8 Å². The summed E-state index contributed by atoms with van der Waals surface area (Å²) in [5, 5.41) is 5.03. The van der Waals surface area contributed by atoms with Gasteiger partial charge in [-0.05, 0) is 23.6 Å². The van der Waals surface area contributed by atoms with Crippen molar-refractivity contribution in [1.82, 2.24) is 4.98 Å². The van der Waals surface area contributed by atoms with Crippen molar-refractivity contribution in [3.8, 4) is 5.75 Å². The van der Waals surface area contributed by atoms with E-state index in [0.29, 0.717) is 12.4 Å². The van der Waals surface area contributed by atoms with Gasteiger partial charge >= 0.3 is 0 Å². The third-order valence-corrected chi connectivity index (χ3v) is 4.82. The third kappa shape index (κ3) is 3.39. The van der Waals surface area contributed by atoms with Gasteiger partial charge in [0, 0.05) is 23.9 Å². The van der Waals surface area contributed by atoms with Crippen molar-refractivity contribution in [2.75, 3.05) is 30.5 Å². The summed E-state index contributed by atoms with van der Waals surface area (Å²) in [5.74, 6) is 1.68. The van der Waals surface area contributed by atoms with Gasteiger partial charge in [0.05, 0.1) is 12.9 Å². The van der Waals surface area contributed by atoms with Crippen LogP contribution in [0.5, 0.6) is 5.75 Å². The topological polar surface area (TPSA) is 68.3 Å². The summed E-state index contributed by atoms with van der Waals surface area (Å²) in [5.41, 5.74) is 0. The first-order chi connectivity index (χ1) is 9.55. The maximum atomic E-state index is 11.5. The Morgan fingerprint density at radius 2 is 2.10 bits per heavy atom. The Labute approximate surface area is 118 Å². The highest BCUT2D eigenvalue weighted by Crippen LogP contribution is 2.25. The van der Waals surface area contributed by atoms with Gasteiger partial charge in [-0.3, -0.25) is 0 Å². The quantitative estimate of drug-likeness (QED) is 0.883. The second-order valence-corrected chi connectivity index (χ2v) is 6.88. The molecule has 0 spiro atoms. The van der Waals surface area contributed by atoms with E-state index in [1.165, 1.54) is 0 Å². The van der Waals surface area contributed by atoms with Crippen LogP contribution in [0.1, 0.15) is 6.92 Å². The van der Waals surface area contributed by atoms with E-state index in [0.717, 1.165) is 16.5 Å². The van der Waals surface area contributed by atoms with E-state index >= 15 is 0 Å². The Kier molecular flexibility index (Phi) is 4.44. The van der Waals surface area contributed by atoms with Gasteiger partial charge in [-0.15, -0.1) is 0 Å². The summed E-state index contributed by atoms with van der Waals surface area (Å²) in [6, 6.07) is 7.62. The summed E-state index contributed by atoms with van der Waals surface area (Å²) >= 11 is 0. The van der Waals surface area contributed by atoms with Gasteiger partial charge in [-0.2, -0.15) is 0 Å². The van der Waals surface area contributed by atoms with Gasteiger partial charge in [0.1, 0.15) is 11.6 Å². The Morgan fingerprint density at radius 3 is 2.80 bits per heavy atom. The van der Waals surface area contributed by atoms with E-state index in [1.54, 1.807) is 20.2 Å². The minimum Gasteiger partial charge on any atom is -0.497 e. The number of methoxy groups -OCH3 is 1. The molecule has 0 saturated heterocycles. The molecule has 2 rings (SSSR count). The van der Waals surface area contributed by atoms with Crippen LogP contribution >= 0.6 is 0 Å². The number of nitrogens with zero attached hydrogens (tertiary/aromatic N) is 1. The lowest BCUT2D eigenvalue weighted by Crippen LogP contribution is -2.17. The van der Waals surface area contributed by atoms with Crippen LogP contribution in [-0.4, -0.2) is 38.6 Å². The molecule has 0 aliphatic rings. The maximum absolute atomic E-state index is 11.5. The number of sulfone groups is 1. The van der Waals surface area contributed by atoms with Gasteiger partial charge in [-0.25, -0.2) is 13.4 Å². The molecule has 0 radical (unpaired) electrons. The number of rotatable bonds is 6. The molecule has 1 N–H and O–H groups in total. The molecule has 0 unspecified atom stereocenters. The van der Waals surface area contributed by atoms with Gasteiger partial charge in [-0.1, -0.05) is 13.0 Å². The number of hydrogen-bond acceptors (Lipinski definition) is 5. The summed E-state index contributed by atoms with van der Waals surface area (Å²) < 4.78 is 28.1. The molecule has 20 heavy (non-hydrogen) atoms. The molecule has 0 atom stereocenters. The molecule has 1 heterocycles. The average Bonchev–Trinajstić information content (AvgIpc) is 2.47. The van der Waals surface area contributed by atoms with Crippen LogP contribution in [0.4, 0.5) is 5.82 Å². The van der Waals surface area contributed by atoms with Gasteiger partial charge < -0.3 is 10.1 Å². The Hall–Kier alpha value is -1.82. The fourth-order valence-electron chi connectivity index (χ4n) is 1.88. The number of pyridine rings is 1. The number of hydrogen-bond donors (Lipinski definition) is 1. The summed E-state index contributed by atoms with van der Waals surface area (Å²) in [7, 11) is -1.36. The molecule has 0 saturated carbocycles. The molecule has 0 aliphatic heterocycles. The number of ether oxygens (including phenoxy) is 1. The van der Waals surface area contributed by atoms with E-state index in [2.05, 4.69) is 10.3 Å².